The van der Waals surface area contributed by atoms with E-state index < -0.39 is 11.8 Å². The molecule has 2 aliphatic rings. The summed E-state index contributed by atoms with van der Waals surface area (Å²) in [4.78, 5) is 24.3. The van der Waals surface area contributed by atoms with Crippen LogP contribution < -0.4 is 9.47 Å². The molecule has 168 valence electrons. The average molecular weight is 472 g/mol. The number of nitrogens with zero attached hydrogens (tertiary/aromatic N) is 2. The first-order chi connectivity index (χ1) is 16.5. The number of aromatic nitrogens is 2. The van der Waals surface area contributed by atoms with Gasteiger partial charge in [0.1, 0.15) is 17.3 Å². The van der Waals surface area contributed by atoms with Crippen molar-refractivity contribution in [2.24, 2.45) is 0 Å². The third kappa shape index (κ3) is 3.25. The summed E-state index contributed by atoms with van der Waals surface area (Å²) in [7, 11) is 0. The highest BCUT2D eigenvalue weighted by Gasteiger charge is 2.48. The molecule has 1 aromatic heterocycles. The van der Waals surface area contributed by atoms with E-state index in [1.807, 2.05) is 18.2 Å². The van der Waals surface area contributed by atoms with E-state index in [0.717, 1.165) is 28.3 Å². The van der Waals surface area contributed by atoms with Crippen molar-refractivity contribution in [2.45, 2.75) is 12.2 Å². The fraction of sp³-hybridized carbons (Fsp3) is 0.120. The highest BCUT2D eigenvalue weighted by atomic mass is 32.1. The second-order valence-corrected chi connectivity index (χ2v) is 8.49. The highest BCUT2D eigenvalue weighted by Crippen LogP contribution is 2.46. The van der Waals surface area contributed by atoms with E-state index in [0.29, 0.717) is 40.0 Å². The normalized spacial score (nSPS) is 19.0. The Morgan fingerprint density at radius 3 is 2.59 bits per heavy atom. The number of hydrogen-bond acceptors (Lipinski definition) is 9. The summed E-state index contributed by atoms with van der Waals surface area (Å²) in [5.74, 6) is -1.58. The largest absolute Gasteiger partial charge is 0.454 e. The van der Waals surface area contributed by atoms with Crippen LogP contribution in [0.5, 0.6) is 11.5 Å². The molecular weight excluding hydrogens is 456 g/mol. The number of carbonyl (C=O) groups is 2. The van der Waals surface area contributed by atoms with Gasteiger partial charge in [-0.25, -0.2) is 4.79 Å². The molecule has 0 saturated heterocycles. The fourth-order valence-electron chi connectivity index (χ4n) is 4.25. The van der Waals surface area contributed by atoms with Crippen LogP contribution in [0.4, 0.5) is 0 Å². The lowest BCUT2D eigenvalue weighted by Crippen LogP contribution is -2.29. The molecule has 6 rings (SSSR count). The van der Waals surface area contributed by atoms with Crippen molar-refractivity contribution < 1.29 is 28.9 Å². The van der Waals surface area contributed by atoms with E-state index in [1.54, 1.807) is 42.5 Å². The highest BCUT2D eigenvalue weighted by molar-refractivity contribution is 7.00. The Morgan fingerprint density at radius 1 is 0.971 bits per heavy atom. The summed E-state index contributed by atoms with van der Waals surface area (Å²) < 4.78 is 25.0. The van der Waals surface area contributed by atoms with Crippen LogP contribution in [0.3, 0.4) is 0 Å². The fourth-order valence-corrected chi connectivity index (χ4v) is 4.77. The topological polar surface area (TPSA) is 108 Å². The molecule has 0 amide bonds. The Balaban J connectivity index is 1.52. The molecule has 9 heteroatoms. The third-order valence-electron chi connectivity index (χ3n) is 5.95. The molecule has 0 radical (unpaired) electrons. The SMILES string of the molecule is O=Cc1ccc(C2(O)OC(=O)C(c3ccc4c(c3)OCO4)=C2Cc2ccc3nsnc3c2)cc1. The molecule has 3 aromatic carbocycles. The van der Waals surface area contributed by atoms with Gasteiger partial charge < -0.3 is 19.3 Å². The molecule has 4 aromatic rings. The Labute approximate surface area is 197 Å². The summed E-state index contributed by atoms with van der Waals surface area (Å²) in [5, 5.41) is 11.7. The van der Waals surface area contributed by atoms with Gasteiger partial charge in [0.15, 0.2) is 11.5 Å². The quantitative estimate of drug-likeness (QED) is 0.347. The van der Waals surface area contributed by atoms with Crippen LogP contribution in [0.1, 0.15) is 27.0 Å². The second kappa shape index (κ2) is 7.75. The molecule has 8 nitrogen and oxygen atoms in total. The minimum atomic E-state index is -2.01. The molecule has 0 fully saturated rings. The van der Waals surface area contributed by atoms with Gasteiger partial charge in [-0.3, -0.25) is 4.79 Å². The van der Waals surface area contributed by atoms with Crippen LogP contribution in [0.25, 0.3) is 16.6 Å². The molecule has 1 N–H and O–H groups in total. The van der Waals surface area contributed by atoms with Crippen molar-refractivity contribution in [3.05, 3.63) is 88.5 Å². The number of fused-ring (bicyclic) bond motifs is 2. The molecule has 0 bridgehead atoms. The van der Waals surface area contributed by atoms with Gasteiger partial charge in [0, 0.05) is 23.1 Å². The first-order valence-corrected chi connectivity index (χ1v) is 11.1. The molecule has 3 heterocycles. The van der Waals surface area contributed by atoms with Crippen LogP contribution in [0, 0.1) is 0 Å². The number of rotatable bonds is 5. The molecule has 34 heavy (non-hydrogen) atoms. The Kier molecular flexibility index (Phi) is 4.68. The molecule has 2 aliphatic heterocycles. The molecule has 0 spiro atoms. The molecule has 1 unspecified atom stereocenters. The number of hydrogen-bond donors (Lipinski definition) is 1. The van der Waals surface area contributed by atoms with E-state index in [1.165, 1.54) is 0 Å². The summed E-state index contributed by atoms with van der Waals surface area (Å²) in [6, 6.07) is 17.1. The monoisotopic (exact) mass is 472 g/mol. The summed E-state index contributed by atoms with van der Waals surface area (Å²) >= 11 is 1.12. The summed E-state index contributed by atoms with van der Waals surface area (Å²) in [6.07, 6.45) is 0.926. The Hall–Kier alpha value is -4.08. The number of esters is 1. The van der Waals surface area contributed by atoms with E-state index >= 15 is 0 Å². The van der Waals surface area contributed by atoms with Gasteiger partial charge in [-0.2, -0.15) is 8.75 Å². The van der Waals surface area contributed by atoms with E-state index in [4.69, 9.17) is 14.2 Å². The maximum Gasteiger partial charge on any atom is 0.342 e. The molecule has 0 saturated carbocycles. The van der Waals surface area contributed by atoms with Crippen LogP contribution in [-0.4, -0.2) is 32.9 Å². The van der Waals surface area contributed by atoms with E-state index in [2.05, 4.69) is 8.75 Å². The summed E-state index contributed by atoms with van der Waals surface area (Å²) in [6.45, 7) is 0.101. The van der Waals surface area contributed by atoms with Crippen LogP contribution in [-0.2, 0) is 21.7 Å². The Morgan fingerprint density at radius 2 is 1.76 bits per heavy atom. The third-order valence-corrected chi connectivity index (χ3v) is 6.51. The maximum absolute atomic E-state index is 13.2. The number of aldehydes is 1. The van der Waals surface area contributed by atoms with Crippen molar-refractivity contribution in [3.8, 4) is 11.5 Å². The first-order valence-electron chi connectivity index (χ1n) is 10.4. The van der Waals surface area contributed by atoms with Crippen molar-refractivity contribution in [1.82, 2.24) is 8.75 Å². The molecule has 1 atom stereocenters. The number of ether oxygens (including phenoxy) is 3. The minimum Gasteiger partial charge on any atom is -0.454 e. The van der Waals surface area contributed by atoms with E-state index in [9.17, 15) is 14.7 Å². The van der Waals surface area contributed by atoms with Crippen molar-refractivity contribution in [3.63, 3.8) is 0 Å². The van der Waals surface area contributed by atoms with Gasteiger partial charge in [-0.1, -0.05) is 36.4 Å². The van der Waals surface area contributed by atoms with E-state index in [-0.39, 0.29) is 18.8 Å². The van der Waals surface area contributed by atoms with Crippen LogP contribution >= 0.6 is 11.7 Å². The van der Waals surface area contributed by atoms with Gasteiger partial charge in [-0.05, 0) is 35.4 Å². The van der Waals surface area contributed by atoms with Gasteiger partial charge in [-0.15, -0.1) is 0 Å². The lowest BCUT2D eigenvalue weighted by molar-refractivity contribution is -0.185. The molecular formula is C25H16N2O6S. The zero-order chi connectivity index (χ0) is 23.3. The molecule has 0 aliphatic carbocycles. The maximum atomic E-state index is 13.2. The zero-order valence-corrected chi connectivity index (χ0v) is 18.4. The smallest absolute Gasteiger partial charge is 0.342 e. The van der Waals surface area contributed by atoms with Crippen molar-refractivity contribution in [2.75, 3.05) is 6.79 Å². The number of cyclic esters (lactones) is 1. The average Bonchev–Trinajstić information content (AvgIpc) is 3.57. The summed E-state index contributed by atoms with van der Waals surface area (Å²) in [5.41, 5.74) is 4.28. The lowest BCUT2D eigenvalue weighted by Gasteiger charge is -2.25. The number of carbonyl (C=O) groups excluding carboxylic acids is 2. The van der Waals surface area contributed by atoms with Crippen LogP contribution in [0.2, 0.25) is 0 Å². The lowest BCUT2D eigenvalue weighted by atomic mass is 9.87. The predicted molar refractivity (Wildman–Crippen MR) is 122 cm³/mol. The number of benzene rings is 3. The number of aliphatic hydroxyl groups is 1. The van der Waals surface area contributed by atoms with Gasteiger partial charge in [0.2, 0.25) is 6.79 Å². The minimum absolute atomic E-state index is 0.101. The van der Waals surface area contributed by atoms with Crippen molar-refractivity contribution in [1.29, 1.82) is 0 Å². The second-order valence-electron chi connectivity index (χ2n) is 7.96. The van der Waals surface area contributed by atoms with Gasteiger partial charge >= 0.3 is 5.97 Å². The first kappa shape index (κ1) is 20.5. The zero-order valence-electron chi connectivity index (χ0n) is 17.6. The van der Waals surface area contributed by atoms with Crippen molar-refractivity contribution >= 4 is 40.6 Å². The van der Waals surface area contributed by atoms with Gasteiger partial charge in [0.05, 0.1) is 17.3 Å². The van der Waals surface area contributed by atoms with Gasteiger partial charge in [0.25, 0.3) is 5.79 Å². The Bertz CT molecular complexity index is 1490. The predicted octanol–water partition coefficient (Wildman–Crippen LogP) is 3.63. The van der Waals surface area contributed by atoms with Crippen LogP contribution in [0.15, 0.2) is 66.2 Å². The standard InChI is InChI=1S/C25H16N2O6S/c28-12-14-1-5-17(6-2-14)25(30)18(9-15-3-7-19-20(10-15)27-34-26-19)23(24(29)33-25)16-4-8-21-22(11-16)32-13-31-21/h1-8,10-12,30H,9,13H2.